The van der Waals surface area contributed by atoms with Crippen molar-refractivity contribution in [2.45, 2.75) is 91.5 Å². The van der Waals surface area contributed by atoms with Crippen LogP contribution in [0.5, 0.6) is 0 Å². The Kier molecular flexibility index (Phi) is 15.5. The Bertz CT molecular complexity index is 913. The molecule has 0 aromatic rings. The first-order valence-corrected chi connectivity index (χ1v) is 14.1. The molecule has 0 aromatic heterocycles. The van der Waals surface area contributed by atoms with E-state index in [9.17, 15) is 14.7 Å². The number of carbonyl (C=O) groups excluding carboxylic acids is 2. The molecule has 7 heteroatoms. The van der Waals surface area contributed by atoms with Gasteiger partial charge in [-0.2, -0.15) is 0 Å². The molecule has 1 aliphatic heterocycles. The molecule has 6 nitrogen and oxygen atoms in total. The number of nitrogens with two attached hydrogens (primary N) is 1. The summed E-state index contributed by atoms with van der Waals surface area (Å²) >= 11 is 2.19. The van der Waals surface area contributed by atoms with E-state index < -0.39 is 18.3 Å². The van der Waals surface area contributed by atoms with Gasteiger partial charge in [0.1, 0.15) is 18.3 Å². The summed E-state index contributed by atoms with van der Waals surface area (Å²) in [5.41, 5.74) is 7.37. The molecule has 0 saturated heterocycles. The summed E-state index contributed by atoms with van der Waals surface area (Å²) in [6.45, 7) is 10.4. The van der Waals surface area contributed by atoms with Crippen molar-refractivity contribution in [2.75, 3.05) is 0 Å². The van der Waals surface area contributed by atoms with Crippen LogP contribution in [0, 0.1) is 11.3 Å². The van der Waals surface area contributed by atoms with E-state index in [2.05, 4.69) is 49.4 Å². The molecule has 3 N–H and O–H groups in total. The number of ether oxygens (including phenoxy) is 2. The summed E-state index contributed by atoms with van der Waals surface area (Å²) in [6, 6.07) is 0. The number of hydrogen-bond acceptors (Lipinski definition) is 5. The van der Waals surface area contributed by atoms with E-state index in [4.69, 9.17) is 15.2 Å². The molecule has 1 heterocycles. The van der Waals surface area contributed by atoms with Crippen LogP contribution < -0.4 is 5.73 Å². The highest BCUT2D eigenvalue weighted by Crippen LogP contribution is 2.28. The van der Waals surface area contributed by atoms with Crippen LogP contribution in [-0.4, -0.2) is 35.5 Å². The molecule has 0 saturated carbocycles. The van der Waals surface area contributed by atoms with Gasteiger partial charge in [-0.1, -0.05) is 103 Å². The topological polar surface area (TPSA) is 98.9 Å². The number of hydrogen-bond donors (Lipinski definition) is 2. The van der Waals surface area contributed by atoms with Crippen LogP contribution in [0.1, 0.15) is 73.1 Å². The Morgan fingerprint density at radius 1 is 1.30 bits per heavy atom. The Labute approximate surface area is 236 Å². The van der Waals surface area contributed by atoms with Gasteiger partial charge in [-0.05, 0) is 55.4 Å². The summed E-state index contributed by atoms with van der Waals surface area (Å²) in [5, 5.41) is 10.5. The van der Waals surface area contributed by atoms with E-state index in [1.54, 1.807) is 6.08 Å². The third-order valence-corrected chi connectivity index (χ3v) is 6.62. The smallest absolute Gasteiger partial charge is 0.404 e. The normalized spacial score (nSPS) is 29.8. The third-order valence-electron chi connectivity index (χ3n) is 6.26. The monoisotopic (exact) mass is 625 g/mol. The number of primary amides is 1. The maximum atomic E-state index is 12.7. The Hall–Kier alpha value is -2.13. The molecule has 37 heavy (non-hydrogen) atoms. The molecule has 206 valence electrons. The number of carbonyl (C=O) groups is 2. The number of cyclic esters (lactones) is 1. The number of amides is 1. The lowest BCUT2D eigenvalue weighted by molar-refractivity contribution is -0.144. The number of rotatable bonds is 4. The van der Waals surface area contributed by atoms with E-state index in [0.29, 0.717) is 19.3 Å². The largest absolute Gasteiger partial charge is 0.458 e. The van der Waals surface area contributed by atoms with E-state index in [0.717, 1.165) is 30.4 Å². The minimum absolute atomic E-state index is 0.0339. The highest BCUT2D eigenvalue weighted by molar-refractivity contribution is 14.1. The van der Waals surface area contributed by atoms with Gasteiger partial charge in [0.05, 0.1) is 0 Å². The van der Waals surface area contributed by atoms with Gasteiger partial charge in [0, 0.05) is 18.4 Å². The Balaban J connectivity index is 3.17. The fraction of sp³-hybridized carbons (Fsp3) is 0.533. The van der Waals surface area contributed by atoms with Gasteiger partial charge in [-0.15, -0.1) is 0 Å². The fourth-order valence-corrected chi connectivity index (χ4v) is 4.60. The van der Waals surface area contributed by atoms with Crippen LogP contribution in [0.15, 0.2) is 69.9 Å². The van der Waals surface area contributed by atoms with Gasteiger partial charge >= 0.3 is 12.1 Å². The van der Waals surface area contributed by atoms with Crippen molar-refractivity contribution in [3.8, 4) is 0 Å². The summed E-state index contributed by atoms with van der Waals surface area (Å²) < 4.78 is 13.0. The molecule has 1 aliphatic rings. The van der Waals surface area contributed by atoms with E-state index >= 15 is 0 Å². The van der Waals surface area contributed by atoms with Crippen molar-refractivity contribution in [2.24, 2.45) is 17.1 Å². The van der Waals surface area contributed by atoms with Crippen LogP contribution in [0.25, 0.3) is 0 Å². The van der Waals surface area contributed by atoms with Gasteiger partial charge in [-0.25, -0.2) is 9.59 Å². The Morgan fingerprint density at radius 2 is 2.03 bits per heavy atom. The first-order chi connectivity index (χ1) is 17.4. The molecular weight excluding hydrogens is 581 g/mol. The van der Waals surface area contributed by atoms with Crippen LogP contribution in [0.2, 0.25) is 0 Å². The van der Waals surface area contributed by atoms with Crippen molar-refractivity contribution >= 4 is 34.7 Å². The fourth-order valence-electron chi connectivity index (χ4n) is 4.03. The van der Waals surface area contributed by atoms with Crippen LogP contribution >= 0.6 is 22.6 Å². The minimum Gasteiger partial charge on any atom is -0.458 e. The molecule has 0 bridgehead atoms. The molecule has 1 rings (SSSR count). The zero-order chi connectivity index (χ0) is 27.8. The molecule has 1 amide bonds. The lowest BCUT2D eigenvalue weighted by Crippen LogP contribution is -2.32. The first kappa shape index (κ1) is 32.9. The van der Waals surface area contributed by atoms with E-state index in [1.807, 2.05) is 54.4 Å². The summed E-state index contributed by atoms with van der Waals surface area (Å²) in [5.74, 6) is -0.295. The van der Waals surface area contributed by atoms with Gasteiger partial charge in [0.15, 0.2) is 0 Å². The van der Waals surface area contributed by atoms with Crippen LogP contribution in [-0.2, 0) is 14.3 Å². The average Bonchev–Trinajstić information content (AvgIpc) is 2.79. The van der Waals surface area contributed by atoms with Crippen molar-refractivity contribution in [3.05, 3.63) is 69.9 Å². The molecule has 0 radical (unpaired) electrons. The zero-order valence-corrected chi connectivity index (χ0v) is 25.0. The predicted molar refractivity (Wildman–Crippen MR) is 159 cm³/mol. The second kappa shape index (κ2) is 17.4. The minimum atomic E-state index is -0.928. The highest BCUT2D eigenvalue weighted by atomic mass is 127. The van der Waals surface area contributed by atoms with Crippen molar-refractivity contribution in [3.63, 3.8) is 0 Å². The van der Waals surface area contributed by atoms with Crippen LogP contribution in [0.4, 0.5) is 4.79 Å². The average molecular weight is 626 g/mol. The number of halogens is 1. The lowest BCUT2D eigenvalue weighted by atomic mass is 9.84. The molecule has 4 atom stereocenters. The van der Waals surface area contributed by atoms with Crippen molar-refractivity contribution in [1.82, 2.24) is 0 Å². The van der Waals surface area contributed by atoms with Gasteiger partial charge in [0.2, 0.25) is 0 Å². The summed E-state index contributed by atoms with van der Waals surface area (Å²) in [6.07, 6.45) is 18.1. The SMILES string of the molecule is CC(/C=C/I)=C\[C@@H](C)[C@H]1C/C(C)=C/C=C/CC[C@H](OC(N)=O)[C@@H](O)/C=C/CCC(C)(C)C/C=C/C(=O)O1. The van der Waals surface area contributed by atoms with Gasteiger partial charge in [0.25, 0.3) is 0 Å². The van der Waals surface area contributed by atoms with Gasteiger partial charge in [-0.3, -0.25) is 0 Å². The predicted octanol–water partition coefficient (Wildman–Crippen LogP) is 7.25. The molecule has 0 aromatic carbocycles. The van der Waals surface area contributed by atoms with Crippen molar-refractivity contribution < 1.29 is 24.2 Å². The zero-order valence-electron chi connectivity index (χ0n) is 22.9. The van der Waals surface area contributed by atoms with Gasteiger partial charge < -0.3 is 20.3 Å². The van der Waals surface area contributed by atoms with Crippen molar-refractivity contribution in [1.29, 1.82) is 0 Å². The second-order valence-electron chi connectivity index (χ2n) is 10.5. The molecule has 0 fully saturated rings. The lowest BCUT2D eigenvalue weighted by Gasteiger charge is -2.23. The quantitative estimate of drug-likeness (QED) is 0.148. The Morgan fingerprint density at radius 3 is 2.70 bits per heavy atom. The summed E-state index contributed by atoms with van der Waals surface area (Å²) in [4.78, 5) is 24.0. The number of aliphatic hydroxyl groups excluding tert-OH is 1. The molecule has 0 aliphatic carbocycles. The first-order valence-electron chi connectivity index (χ1n) is 12.9. The number of aliphatic hydroxyl groups is 1. The third kappa shape index (κ3) is 15.0. The maximum Gasteiger partial charge on any atom is 0.404 e. The van der Waals surface area contributed by atoms with E-state index in [-0.39, 0.29) is 23.4 Å². The van der Waals surface area contributed by atoms with E-state index in [1.165, 1.54) is 6.08 Å². The number of allylic oxidation sites excluding steroid dienone is 7. The maximum absolute atomic E-state index is 12.7. The standard InChI is InChI=1S/C30H44INO5/c1-22-12-7-6-8-14-26(37-29(32)35)25(33)13-9-10-17-30(4,5)18-11-15-28(34)36-27(21-22)24(3)20-23(2)16-19-31/h6-7,9,11-13,15-16,19-20,24-27,33H,8,10,14,17-18,21H2,1-5H3,(H2,32,35)/b7-6+,13-9+,15-11+,19-16+,22-12+,23-20+/t24-,25+,26+,27-/m1/s1. The molecular formula is C30H44INO5. The second-order valence-corrected chi connectivity index (χ2v) is 11.2. The van der Waals surface area contributed by atoms with Crippen LogP contribution in [0.3, 0.4) is 0 Å². The molecule has 0 spiro atoms. The number of esters is 1. The molecule has 0 unspecified atom stereocenters. The highest BCUT2D eigenvalue weighted by Gasteiger charge is 2.22. The summed E-state index contributed by atoms with van der Waals surface area (Å²) in [7, 11) is 0.